The fraction of sp³-hybridized carbons (Fsp3) is 0.136. The Bertz CT molecular complexity index is 1020. The molecule has 2 aromatic carbocycles. The van der Waals surface area contributed by atoms with Crippen LogP contribution >= 0.6 is 0 Å². The van der Waals surface area contributed by atoms with Gasteiger partial charge >= 0.3 is 11.8 Å². The van der Waals surface area contributed by atoms with Crippen molar-refractivity contribution in [2.45, 2.75) is 13.5 Å². The number of ether oxygens (including phenoxy) is 1. The summed E-state index contributed by atoms with van der Waals surface area (Å²) in [6.07, 6.45) is 1.56. The van der Waals surface area contributed by atoms with Crippen LogP contribution in [0.15, 0.2) is 70.1 Å². The van der Waals surface area contributed by atoms with Crippen LogP contribution in [0.5, 0.6) is 5.75 Å². The topological polar surface area (TPSA) is 92.9 Å². The summed E-state index contributed by atoms with van der Waals surface area (Å²) >= 11 is 0. The summed E-state index contributed by atoms with van der Waals surface area (Å²) in [7, 11) is 1.58. The zero-order valence-corrected chi connectivity index (χ0v) is 16.1. The third-order valence-electron chi connectivity index (χ3n) is 4.04. The lowest BCUT2D eigenvalue weighted by Crippen LogP contribution is -2.34. The molecule has 2 amide bonds. The third kappa shape index (κ3) is 5.55. The Kier molecular flexibility index (Phi) is 6.42. The van der Waals surface area contributed by atoms with E-state index < -0.39 is 11.8 Å². The first-order chi connectivity index (χ1) is 14.0. The number of hydrogen-bond acceptors (Lipinski definition) is 5. The number of furan rings is 1. The predicted molar refractivity (Wildman–Crippen MR) is 111 cm³/mol. The normalized spacial score (nSPS) is 10.7. The molecule has 3 rings (SSSR count). The standard InChI is InChI=1S/C22H21N3O4/c1-15-7-9-16(10-8-15)25-22(27)21(26)24-14-18-12-11-17(29-18)13-23-19-5-3-4-6-20(19)28-2/h3-13H,14H2,1-2H3,(H,24,26)(H,25,27). The number of aryl methyl sites for hydroxylation is 1. The molecule has 7 nitrogen and oxygen atoms in total. The molecular weight excluding hydrogens is 370 g/mol. The molecule has 0 aliphatic carbocycles. The van der Waals surface area contributed by atoms with Gasteiger partial charge in [-0.05, 0) is 43.3 Å². The molecule has 0 bridgehead atoms. The second-order valence-electron chi connectivity index (χ2n) is 6.24. The van der Waals surface area contributed by atoms with Gasteiger partial charge in [-0.15, -0.1) is 0 Å². The Hall–Kier alpha value is -3.87. The number of anilines is 1. The highest BCUT2D eigenvalue weighted by atomic mass is 16.5. The van der Waals surface area contributed by atoms with E-state index in [2.05, 4.69) is 15.6 Å². The minimum Gasteiger partial charge on any atom is -0.494 e. The van der Waals surface area contributed by atoms with Gasteiger partial charge in [0, 0.05) is 5.69 Å². The van der Waals surface area contributed by atoms with Crippen molar-refractivity contribution < 1.29 is 18.7 Å². The van der Waals surface area contributed by atoms with Gasteiger partial charge in [0.1, 0.15) is 23.0 Å². The van der Waals surface area contributed by atoms with Crippen LogP contribution < -0.4 is 15.4 Å². The Balaban J connectivity index is 1.53. The Labute approximate surface area is 168 Å². The van der Waals surface area contributed by atoms with E-state index in [9.17, 15) is 9.59 Å². The predicted octanol–water partition coefficient (Wildman–Crippen LogP) is 3.60. The fourth-order valence-electron chi connectivity index (χ4n) is 2.50. The molecule has 0 fully saturated rings. The van der Waals surface area contributed by atoms with Crippen molar-refractivity contribution in [2.75, 3.05) is 12.4 Å². The largest absolute Gasteiger partial charge is 0.494 e. The lowest BCUT2D eigenvalue weighted by Gasteiger charge is -2.05. The molecule has 0 aliphatic heterocycles. The summed E-state index contributed by atoms with van der Waals surface area (Å²) in [4.78, 5) is 28.3. The summed E-state index contributed by atoms with van der Waals surface area (Å²) in [5.41, 5.74) is 2.30. The first-order valence-corrected chi connectivity index (χ1v) is 8.97. The van der Waals surface area contributed by atoms with Gasteiger partial charge in [-0.3, -0.25) is 9.59 Å². The average molecular weight is 391 g/mol. The second-order valence-corrected chi connectivity index (χ2v) is 6.24. The number of methoxy groups -OCH3 is 1. The van der Waals surface area contributed by atoms with Crippen molar-refractivity contribution >= 4 is 29.4 Å². The maximum Gasteiger partial charge on any atom is 0.313 e. The maximum atomic E-state index is 12.0. The number of benzene rings is 2. The molecule has 0 saturated heterocycles. The molecule has 0 saturated carbocycles. The number of hydrogen-bond donors (Lipinski definition) is 2. The number of carbonyl (C=O) groups excluding carboxylic acids is 2. The van der Waals surface area contributed by atoms with Crippen molar-refractivity contribution in [3.63, 3.8) is 0 Å². The van der Waals surface area contributed by atoms with Gasteiger partial charge in [0.2, 0.25) is 0 Å². The van der Waals surface area contributed by atoms with Gasteiger partial charge in [-0.1, -0.05) is 29.8 Å². The number of amides is 2. The number of nitrogens with one attached hydrogen (secondary N) is 2. The van der Waals surface area contributed by atoms with Crippen LogP contribution in [-0.2, 0) is 16.1 Å². The lowest BCUT2D eigenvalue weighted by atomic mass is 10.2. The van der Waals surface area contributed by atoms with Gasteiger partial charge in [0.05, 0.1) is 19.9 Å². The van der Waals surface area contributed by atoms with Crippen LogP contribution in [0.25, 0.3) is 0 Å². The van der Waals surface area contributed by atoms with Crippen LogP contribution in [0.3, 0.4) is 0 Å². The fourth-order valence-corrected chi connectivity index (χ4v) is 2.50. The minimum atomic E-state index is -0.744. The van der Waals surface area contributed by atoms with Gasteiger partial charge in [0.15, 0.2) is 0 Å². The van der Waals surface area contributed by atoms with Crippen molar-refractivity contribution in [1.29, 1.82) is 0 Å². The second kappa shape index (κ2) is 9.36. The van der Waals surface area contributed by atoms with E-state index in [1.165, 1.54) is 0 Å². The zero-order chi connectivity index (χ0) is 20.6. The van der Waals surface area contributed by atoms with E-state index in [0.29, 0.717) is 28.6 Å². The number of carbonyl (C=O) groups is 2. The quantitative estimate of drug-likeness (QED) is 0.496. The van der Waals surface area contributed by atoms with Crippen LogP contribution in [0, 0.1) is 6.92 Å². The molecule has 0 spiro atoms. The van der Waals surface area contributed by atoms with Crippen LogP contribution in [0.1, 0.15) is 17.1 Å². The first-order valence-electron chi connectivity index (χ1n) is 8.97. The van der Waals surface area contributed by atoms with E-state index in [4.69, 9.17) is 9.15 Å². The number of para-hydroxylation sites is 2. The third-order valence-corrected chi connectivity index (χ3v) is 4.04. The molecule has 29 heavy (non-hydrogen) atoms. The lowest BCUT2D eigenvalue weighted by molar-refractivity contribution is -0.136. The Morgan fingerprint density at radius 3 is 2.55 bits per heavy atom. The van der Waals surface area contributed by atoms with E-state index in [0.717, 1.165) is 5.56 Å². The minimum absolute atomic E-state index is 0.0860. The Morgan fingerprint density at radius 2 is 1.79 bits per heavy atom. The molecule has 0 unspecified atom stereocenters. The average Bonchev–Trinajstić information content (AvgIpc) is 3.20. The highest BCUT2D eigenvalue weighted by molar-refractivity contribution is 6.39. The summed E-state index contributed by atoms with van der Waals surface area (Å²) in [6.45, 7) is 2.03. The van der Waals surface area contributed by atoms with E-state index >= 15 is 0 Å². The summed E-state index contributed by atoms with van der Waals surface area (Å²) in [5, 5.41) is 5.07. The van der Waals surface area contributed by atoms with Crippen LogP contribution in [-0.4, -0.2) is 25.1 Å². The van der Waals surface area contributed by atoms with Gasteiger partial charge in [-0.25, -0.2) is 4.99 Å². The molecule has 1 aromatic heterocycles. The van der Waals surface area contributed by atoms with Crippen molar-refractivity contribution in [3.8, 4) is 5.75 Å². The molecule has 2 N–H and O–H groups in total. The SMILES string of the molecule is COc1ccccc1N=Cc1ccc(CNC(=O)C(=O)Nc2ccc(C)cc2)o1. The van der Waals surface area contributed by atoms with Crippen molar-refractivity contribution in [3.05, 3.63) is 77.7 Å². The van der Waals surface area contributed by atoms with Gasteiger partial charge < -0.3 is 19.8 Å². The monoisotopic (exact) mass is 391 g/mol. The van der Waals surface area contributed by atoms with Crippen molar-refractivity contribution in [2.24, 2.45) is 4.99 Å². The van der Waals surface area contributed by atoms with Gasteiger partial charge in [0.25, 0.3) is 0 Å². The molecular formula is C22H21N3O4. The highest BCUT2D eigenvalue weighted by Crippen LogP contribution is 2.26. The van der Waals surface area contributed by atoms with Crippen molar-refractivity contribution in [1.82, 2.24) is 5.32 Å². The van der Waals surface area contributed by atoms with E-state index in [-0.39, 0.29) is 6.54 Å². The number of nitrogens with zero attached hydrogens (tertiary/aromatic N) is 1. The highest BCUT2D eigenvalue weighted by Gasteiger charge is 2.14. The maximum absolute atomic E-state index is 12.0. The number of rotatable bonds is 6. The first kappa shape index (κ1) is 19.9. The molecule has 0 aliphatic rings. The van der Waals surface area contributed by atoms with E-state index in [1.807, 2.05) is 43.3 Å². The summed E-state index contributed by atoms with van der Waals surface area (Å²) < 4.78 is 10.8. The Morgan fingerprint density at radius 1 is 1.03 bits per heavy atom. The molecule has 1 heterocycles. The van der Waals surface area contributed by atoms with Gasteiger partial charge in [-0.2, -0.15) is 0 Å². The molecule has 148 valence electrons. The zero-order valence-electron chi connectivity index (χ0n) is 16.1. The molecule has 3 aromatic rings. The van der Waals surface area contributed by atoms with E-state index in [1.54, 1.807) is 37.6 Å². The molecule has 0 atom stereocenters. The van der Waals surface area contributed by atoms with Crippen LogP contribution in [0.4, 0.5) is 11.4 Å². The summed E-state index contributed by atoms with van der Waals surface area (Å²) in [6, 6.07) is 18.0. The summed E-state index contributed by atoms with van der Waals surface area (Å²) in [5.74, 6) is 0.194. The molecule has 0 radical (unpaired) electrons. The number of aliphatic imine (C=N–C) groups is 1. The smallest absolute Gasteiger partial charge is 0.313 e. The molecule has 7 heteroatoms. The van der Waals surface area contributed by atoms with Crippen LogP contribution in [0.2, 0.25) is 0 Å².